The van der Waals surface area contributed by atoms with Crippen molar-refractivity contribution in [3.63, 3.8) is 0 Å². The number of amides is 1. The molecule has 3 rings (SSSR count). The number of furan rings is 1. The maximum absolute atomic E-state index is 12.7. The third-order valence-electron chi connectivity index (χ3n) is 3.62. The average Bonchev–Trinajstić information content (AvgIpc) is 3.07. The molecule has 0 atom stereocenters. The summed E-state index contributed by atoms with van der Waals surface area (Å²) in [7, 11) is 1.84. The van der Waals surface area contributed by atoms with Crippen LogP contribution in [-0.4, -0.2) is 21.4 Å². The van der Waals surface area contributed by atoms with Crippen molar-refractivity contribution in [1.82, 2.24) is 9.47 Å². The van der Waals surface area contributed by atoms with Gasteiger partial charge in [-0.2, -0.15) is 0 Å². The van der Waals surface area contributed by atoms with Gasteiger partial charge in [0.25, 0.3) is 5.91 Å². The first-order valence-corrected chi connectivity index (χ1v) is 6.82. The quantitative estimate of drug-likeness (QED) is 0.929. The summed E-state index contributed by atoms with van der Waals surface area (Å²) >= 11 is 0. The Balaban J connectivity index is 1.83. The number of nitrogens with zero attached hydrogens (tertiary/aromatic N) is 2. The van der Waals surface area contributed by atoms with E-state index in [2.05, 4.69) is 0 Å². The Morgan fingerprint density at radius 1 is 1.50 bits per heavy atom. The van der Waals surface area contributed by atoms with Crippen LogP contribution in [0.3, 0.4) is 0 Å². The first kappa shape index (κ1) is 12.8. The molecule has 0 unspecified atom stereocenters. The van der Waals surface area contributed by atoms with Crippen molar-refractivity contribution >= 4 is 11.6 Å². The van der Waals surface area contributed by atoms with Gasteiger partial charge in [-0.25, -0.2) is 0 Å². The van der Waals surface area contributed by atoms with Gasteiger partial charge < -0.3 is 19.6 Å². The van der Waals surface area contributed by atoms with Crippen molar-refractivity contribution in [3.05, 3.63) is 41.6 Å². The van der Waals surface area contributed by atoms with Crippen molar-refractivity contribution in [2.24, 2.45) is 7.05 Å². The van der Waals surface area contributed by atoms with Crippen LogP contribution in [0.15, 0.2) is 28.8 Å². The van der Waals surface area contributed by atoms with Crippen LogP contribution in [0.2, 0.25) is 0 Å². The molecule has 1 fully saturated rings. The first-order valence-electron chi connectivity index (χ1n) is 6.82. The van der Waals surface area contributed by atoms with Crippen LogP contribution in [-0.2, 0) is 13.6 Å². The Hall–Kier alpha value is -2.17. The lowest BCUT2D eigenvalue weighted by Gasteiger charge is -2.21. The molecule has 2 heterocycles. The number of aryl methyl sites for hydroxylation is 2. The Kier molecular flexibility index (Phi) is 3.04. The van der Waals surface area contributed by atoms with Gasteiger partial charge >= 0.3 is 0 Å². The number of rotatable bonds is 4. The summed E-state index contributed by atoms with van der Waals surface area (Å²) in [6.07, 6.45) is 3.88. The van der Waals surface area contributed by atoms with E-state index in [9.17, 15) is 4.79 Å². The van der Waals surface area contributed by atoms with E-state index in [-0.39, 0.29) is 5.91 Å². The fourth-order valence-electron chi connectivity index (χ4n) is 2.44. The normalized spacial score (nSPS) is 14.5. The third-order valence-corrected chi connectivity index (χ3v) is 3.62. The van der Waals surface area contributed by atoms with Crippen molar-refractivity contribution in [2.45, 2.75) is 32.4 Å². The predicted molar refractivity (Wildman–Crippen MR) is 76.2 cm³/mol. The zero-order valence-corrected chi connectivity index (χ0v) is 11.8. The molecule has 0 aliphatic heterocycles. The predicted octanol–water partition coefficient (Wildman–Crippen LogP) is 2.31. The topological polar surface area (TPSA) is 64.4 Å². The minimum Gasteiger partial charge on any atom is -0.464 e. The smallest absolute Gasteiger partial charge is 0.271 e. The molecule has 0 spiro atoms. The number of nitrogen functional groups attached to an aromatic ring is 1. The Morgan fingerprint density at radius 3 is 2.75 bits per heavy atom. The minimum absolute atomic E-state index is 0.0146. The fourth-order valence-corrected chi connectivity index (χ4v) is 2.44. The summed E-state index contributed by atoms with van der Waals surface area (Å²) in [5, 5.41) is 0. The summed E-state index contributed by atoms with van der Waals surface area (Å²) in [5.41, 5.74) is 6.99. The van der Waals surface area contributed by atoms with Gasteiger partial charge in [-0.05, 0) is 38.0 Å². The molecule has 1 amide bonds. The molecule has 5 nitrogen and oxygen atoms in total. The fraction of sp³-hybridized carbons (Fsp3) is 0.400. The van der Waals surface area contributed by atoms with E-state index in [4.69, 9.17) is 10.2 Å². The van der Waals surface area contributed by atoms with E-state index in [1.54, 1.807) is 16.8 Å². The maximum Gasteiger partial charge on any atom is 0.271 e. The number of anilines is 1. The van der Waals surface area contributed by atoms with Gasteiger partial charge in [0.2, 0.25) is 0 Å². The van der Waals surface area contributed by atoms with Crippen LogP contribution in [0.1, 0.15) is 34.9 Å². The van der Waals surface area contributed by atoms with E-state index >= 15 is 0 Å². The van der Waals surface area contributed by atoms with Gasteiger partial charge in [-0.15, -0.1) is 0 Å². The Bertz CT molecular complexity index is 637. The molecule has 0 saturated heterocycles. The SMILES string of the molecule is Cc1ccc(CN(C(=O)c2cc(N)cn2C)C2CC2)o1. The summed E-state index contributed by atoms with van der Waals surface area (Å²) in [5.74, 6) is 1.71. The molecule has 0 bridgehead atoms. The van der Waals surface area contributed by atoms with E-state index in [0.29, 0.717) is 24.0 Å². The lowest BCUT2D eigenvalue weighted by Crippen LogP contribution is -2.33. The number of aromatic nitrogens is 1. The maximum atomic E-state index is 12.7. The standard InChI is InChI=1S/C15H19N3O2/c1-10-3-6-13(20-10)9-18(12-4-5-12)15(19)14-7-11(16)8-17(14)2/h3,6-8,12H,4-5,9,16H2,1-2H3. The summed E-state index contributed by atoms with van der Waals surface area (Å²) in [6, 6.07) is 5.90. The van der Waals surface area contributed by atoms with Crippen molar-refractivity contribution in [1.29, 1.82) is 0 Å². The van der Waals surface area contributed by atoms with Gasteiger partial charge in [0.15, 0.2) is 0 Å². The second-order valence-corrected chi connectivity index (χ2v) is 5.45. The van der Waals surface area contributed by atoms with Crippen LogP contribution < -0.4 is 5.73 Å². The molecule has 20 heavy (non-hydrogen) atoms. The Morgan fingerprint density at radius 2 is 2.25 bits per heavy atom. The molecule has 1 saturated carbocycles. The summed E-state index contributed by atoms with van der Waals surface area (Å²) in [6.45, 7) is 2.42. The lowest BCUT2D eigenvalue weighted by molar-refractivity contribution is 0.0707. The van der Waals surface area contributed by atoms with E-state index in [0.717, 1.165) is 24.4 Å². The molecular weight excluding hydrogens is 254 g/mol. The van der Waals surface area contributed by atoms with Crippen LogP contribution in [0.25, 0.3) is 0 Å². The number of hydrogen-bond donors (Lipinski definition) is 1. The molecule has 2 aromatic heterocycles. The number of nitrogens with two attached hydrogens (primary N) is 1. The molecule has 106 valence electrons. The summed E-state index contributed by atoms with van der Waals surface area (Å²) < 4.78 is 7.37. The molecular formula is C15H19N3O2. The monoisotopic (exact) mass is 273 g/mol. The van der Waals surface area contributed by atoms with Gasteiger partial charge in [0.05, 0.1) is 12.2 Å². The number of hydrogen-bond acceptors (Lipinski definition) is 3. The van der Waals surface area contributed by atoms with Gasteiger partial charge in [0, 0.05) is 19.3 Å². The van der Waals surface area contributed by atoms with Crippen LogP contribution in [0.5, 0.6) is 0 Å². The van der Waals surface area contributed by atoms with Crippen LogP contribution in [0, 0.1) is 6.92 Å². The number of carbonyl (C=O) groups is 1. The minimum atomic E-state index is 0.0146. The van der Waals surface area contributed by atoms with Gasteiger partial charge in [-0.1, -0.05) is 0 Å². The van der Waals surface area contributed by atoms with Crippen molar-refractivity contribution < 1.29 is 9.21 Å². The highest BCUT2D eigenvalue weighted by molar-refractivity contribution is 5.94. The lowest BCUT2D eigenvalue weighted by atomic mass is 10.3. The second kappa shape index (κ2) is 4.74. The number of carbonyl (C=O) groups excluding carboxylic acids is 1. The zero-order chi connectivity index (χ0) is 14.3. The molecule has 2 aromatic rings. The molecule has 2 N–H and O–H groups in total. The summed E-state index contributed by atoms with van der Waals surface area (Å²) in [4.78, 5) is 14.6. The third kappa shape index (κ3) is 2.43. The molecule has 0 aromatic carbocycles. The van der Waals surface area contributed by atoms with Crippen molar-refractivity contribution in [2.75, 3.05) is 5.73 Å². The highest BCUT2D eigenvalue weighted by Crippen LogP contribution is 2.30. The first-order chi connectivity index (χ1) is 9.54. The van der Waals surface area contributed by atoms with E-state index in [1.807, 2.05) is 31.0 Å². The van der Waals surface area contributed by atoms with Gasteiger partial charge in [-0.3, -0.25) is 4.79 Å². The highest BCUT2D eigenvalue weighted by atomic mass is 16.3. The van der Waals surface area contributed by atoms with E-state index < -0.39 is 0 Å². The molecule has 5 heteroatoms. The largest absolute Gasteiger partial charge is 0.464 e. The van der Waals surface area contributed by atoms with Crippen LogP contribution in [0.4, 0.5) is 5.69 Å². The van der Waals surface area contributed by atoms with E-state index in [1.165, 1.54) is 0 Å². The second-order valence-electron chi connectivity index (χ2n) is 5.45. The van der Waals surface area contributed by atoms with Crippen molar-refractivity contribution in [3.8, 4) is 0 Å². The molecule has 0 radical (unpaired) electrons. The van der Waals surface area contributed by atoms with Crippen LogP contribution >= 0.6 is 0 Å². The Labute approximate surface area is 118 Å². The average molecular weight is 273 g/mol. The molecule has 1 aliphatic carbocycles. The molecule has 1 aliphatic rings. The van der Waals surface area contributed by atoms with Gasteiger partial charge in [0.1, 0.15) is 17.2 Å². The zero-order valence-electron chi connectivity index (χ0n) is 11.8. The highest BCUT2D eigenvalue weighted by Gasteiger charge is 2.34.